The predicted octanol–water partition coefficient (Wildman–Crippen LogP) is 2.54. The fourth-order valence-corrected chi connectivity index (χ4v) is 3.08. The van der Waals surface area contributed by atoms with Crippen molar-refractivity contribution in [3.05, 3.63) is 59.0 Å². The van der Waals surface area contributed by atoms with Crippen molar-refractivity contribution in [1.29, 1.82) is 0 Å². The molecule has 1 aliphatic heterocycles. The first-order valence-corrected chi connectivity index (χ1v) is 8.29. The van der Waals surface area contributed by atoms with Gasteiger partial charge in [0.05, 0.1) is 5.56 Å². The molecule has 132 valence electrons. The molecule has 0 aliphatic carbocycles. The molecule has 2 heterocycles. The number of carboxylic acids is 1. The molecule has 0 saturated heterocycles. The molecular formula is C19H22N2O4. The van der Waals surface area contributed by atoms with Crippen LogP contribution in [-0.4, -0.2) is 40.5 Å². The third-order valence-electron chi connectivity index (χ3n) is 4.74. The van der Waals surface area contributed by atoms with Crippen LogP contribution in [0.2, 0.25) is 0 Å². The lowest BCUT2D eigenvalue weighted by Gasteiger charge is -2.41. The smallest absolute Gasteiger partial charge is 0.338 e. The van der Waals surface area contributed by atoms with Crippen LogP contribution in [0.5, 0.6) is 0 Å². The molecule has 1 aliphatic rings. The van der Waals surface area contributed by atoms with E-state index in [9.17, 15) is 9.59 Å². The lowest BCUT2D eigenvalue weighted by atomic mass is 9.94. The maximum atomic E-state index is 12.2. The summed E-state index contributed by atoms with van der Waals surface area (Å²) in [7, 11) is 0. The summed E-state index contributed by atoms with van der Waals surface area (Å²) in [6.45, 7) is 6.40. The van der Waals surface area contributed by atoms with Crippen LogP contribution >= 0.6 is 0 Å². The van der Waals surface area contributed by atoms with Crippen molar-refractivity contribution in [2.75, 3.05) is 13.1 Å². The van der Waals surface area contributed by atoms with Gasteiger partial charge in [0.2, 0.25) is 0 Å². The van der Waals surface area contributed by atoms with Crippen molar-refractivity contribution in [3.8, 4) is 0 Å². The van der Waals surface area contributed by atoms with Crippen LogP contribution in [0.1, 0.15) is 45.9 Å². The van der Waals surface area contributed by atoms with Gasteiger partial charge >= 0.3 is 5.97 Å². The van der Waals surface area contributed by atoms with Gasteiger partial charge in [-0.3, -0.25) is 9.69 Å². The molecule has 0 radical (unpaired) electrons. The average molecular weight is 342 g/mol. The van der Waals surface area contributed by atoms with E-state index in [0.717, 1.165) is 25.8 Å². The van der Waals surface area contributed by atoms with Crippen LogP contribution in [-0.2, 0) is 13.0 Å². The largest absolute Gasteiger partial charge is 0.478 e. The fourth-order valence-electron chi connectivity index (χ4n) is 3.08. The number of rotatable bonds is 5. The molecular weight excluding hydrogens is 320 g/mol. The minimum atomic E-state index is -1.12. The minimum Gasteiger partial charge on any atom is -0.478 e. The number of hydrogen-bond acceptors (Lipinski definition) is 4. The second kappa shape index (κ2) is 6.72. The van der Waals surface area contributed by atoms with E-state index in [1.807, 2.05) is 6.07 Å². The topological polar surface area (TPSA) is 82.8 Å². The Morgan fingerprint density at radius 3 is 2.68 bits per heavy atom. The second-order valence-electron chi connectivity index (χ2n) is 6.94. The van der Waals surface area contributed by atoms with E-state index in [-0.39, 0.29) is 16.9 Å². The van der Waals surface area contributed by atoms with Gasteiger partial charge in [-0.2, -0.15) is 0 Å². The van der Waals surface area contributed by atoms with E-state index in [2.05, 4.69) is 42.3 Å². The highest BCUT2D eigenvalue weighted by atomic mass is 16.4. The Labute approximate surface area is 146 Å². The zero-order chi connectivity index (χ0) is 18.0. The van der Waals surface area contributed by atoms with Crippen molar-refractivity contribution >= 4 is 11.9 Å². The van der Waals surface area contributed by atoms with Gasteiger partial charge in [-0.05, 0) is 31.4 Å². The van der Waals surface area contributed by atoms with Crippen LogP contribution in [0, 0.1) is 0 Å². The molecule has 0 saturated carbocycles. The number of fused-ring (bicyclic) bond motifs is 1. The minimum absolute atomic E-state index is 0.0113. The number of nitrogens with one attached hydrogen (secondary N) is 1. The molecule has 1 aromatic heterocycles. The van der Waals surface area contributed by atoms with E-state index in [1.165, 1.54) is 17.2 Å². The van der Waals surface area contributed by atoms with E-state index in [1.54, 1.807) is 0 Å². The lowest BCUT2D eigenvalue weighted by Crippen LogP contribution is -2.53. The molecule has 0 atom stereocenters. The number of hydrogen-bond donors (Lipinski definition) is 2. The number of furan rings is 1. The molecule has 2 aromatic rings. The van der Waals surface area contributed by atoms with Crippen molar-refractivity contribution in [3.63, 3.8) is 0 Å². The number of aromatic carboxylic acids is 1. The molecule has 0 fully saturated rings. The molecule has 3 rings (SSSR count). The highest BCUT2D eigenvalue weighted by Crippen LogP contribution is 2.25. The first kappa shape index (κ1) is 17.2. The standard InChI is InChI=1S/C19H22N2O4/c1-19(2,21-8-7-13-5-3-4-6-14(13)10-21)12-20-17(22)16-9-15(11-25-16)18(23)24/h3-6,9,11H,7-8,10,12H2,1-2H3,(H,20,22)(H,23,24). The highest BCUT2D eigenvalue weighted by molar-refractivity contribution is 5.95. The first-order chi connectivity index (χ1) is 11.9. The number of nitrogens with zero attached hydrogens (tertiary/aromatic N) is 1. The maximum absolute atomic E-state index is 12.2. The van der Waals surface area contributed by atoms with Gasteiger partial charge in [0.15, 0.2) is 5.76 Å². The van der Waals surface area contributed by atoms with Crippen molar-refractivity contribution in [2.45, 2.75) is 32.4 Å². The van der Waals surface area contributed by atoms with Gasteiger partial charge in [0.1, 0.15) is 6.26 Å². The molecule has 0 unspecified atom stereocenters. The summed E-state index contributed by atoms with van der Waals surface area (Å²) in [6, 6.07) is 9.66. The van der Waals surface area contributed by atoms with Crippen molar-refractivity contribution in [1.82, 2.24) is 10.2 Å². The highest BCUT2D eigenvalue weighted by Gasteiger charge is 2.30. The van der Waals surface area contributed by atoms with Crippen molar-refractivity contribution < 1.29 is 19.1 Å². The summed E-state index contributed by atoms with van der Waals surface area (Å²) >= 11 is 0. The summed E-state index contributed by atoms with van der Waals surface area (Å²) in [5.41, 5.74) is 2.45. The summed E-state index contributed by atoms with van der Waals surface area (Å²) in [4.78, 5) is 25.4. The van der Waals surface area contributed by atoms with Crippen LogP contribution in [0.15, 0.2) is 41.0 Å². The molecule has 2 N–H and O–H groups in total. The SMILES string of the molecule is CC(C)(CNC(=O)c1cc(C(=O)O)co1)N1CCc2ccccc2C1. The molecule has 1 amide bonds. The fraction of sp³-hybridized carbons (Fsp3) is 0.368. The number of benzene rings is 1. The van der Waals surface area contributed by atoms with Crippen molar-refractivity contribution in [2.24, 2.45) is 0 Å². The van der Waals surface area contributed by atoms with Crippen LogP contribution in [0.3, 0.4) is 0 Å². The van der Waals surface area contributed by atoms with Gasteiger partial charge in [-0.25, -0.2) is 4.79 Å². The average Bonchev–Trinajstić information content (AvgIpc) is 3.10. The number of amides is 1. The molecule has 0 bridgehead atoms. The Balaban J connectivity index is 1.61. The Morgan fingerprint density at radius 2 is 2.00 bits per heavy atom. The quantitative estimate of drug-likeness (QED) is 0.872. The lowest BCUT2D eigenvalue weighted by molar-refractivity contribution is 0.0695. The van der Waals surface area contributed by atoms with Gasteiger partial charge in [0.25, 0.3) is 5.91 Å². The molecule has 6 nitrogen and oxygen atoms in total. The Morgan fingerprint density at radius 1 is 1.28 bits per heavy atom. The molecule has 0 spiro atoms. The zero-order valence-corrected chi connectivity index (χ0v) is 14.4. The number of carbonyl (C=O) groups excluding carboxylic acids is 1. The summed E-state index contributed by atoms with van der Waals surface area (Å²) in [5.74, 6) is -1.51. The van der Waals surface area contributed by atoms with Gasteiger partial charge in [-0.1, -0.05) is 24.3 Å². The Hall–Kier alpha value is -2.60. The summed E-state index contributed by atoms with van der Waals surface area (Å²) < 4.78 is 5.04. The van der Waals surface area contributed by atoms with Gasteiger partial charge < -0.3 is 14.8 Å². The Bertz CT molecular complexity index is 794. The van der Waals surface area contributed by atoms with E-state index in [4.69, 9.17) is 9.52 Å². The predicted molar refractivity (Wildman–Crippen MR) is 92.6 cm³/mol. The monoisotopic (exact) mass is 342 g/mol. The third-order valence-corrected chi connectivity index (χ3v) is 4.74. The third kappa shape index (κ3) is 3.74. The summed E-state index contributed by atoms with van der Waals surface area (Å²) in [5, 5.41) is 11.7. The van der Waals surface area contributed by atoms with E-state index >= 15 is 0 Å². The van der Waals surface area contributed by atoms with Gasteiger partial charge in [0, 0.05) is 31.2 Å². The van der Waals surface area contributed by atoms with Crippen LogP contribution in [0.4, 0.5) is 0 Å². The molecule has 25 heavy (non-hydrogen) atoms. The summed E-state index contributed by atoms with van der Waals surface area (Å²) in [6.07, 6.45) is 2.07. The number of carbonyl (C=O) groups is 2. The van der Waals surface area contributed by atoms with Crippen LogP contribution < -0.4 is 5.32 Å². The van der Waals surface area contributed by atoms with Gasteiger partial charge in [-0.15, -0.1) is 0 Å². The Kier molecular flexibility index (Phi) is 4.63. The van der Waals surface area contributed by atoms with E-state index in [0.29, 0.717) is 6.54 Å². The molecule has 1 aromatic carbocycles. The zero-order valence-electron chi connectivity index (χ0n) is 14.4. The molecule has 6 heteroatoms. The normalized spacial score (nSPS) is 14.8. The van der Waals surface area contributed by atoms with Crippen LogP contribution in [0.25, 0.3) is 0 Å². The maximum Gasteiger partial charge on any atom is 0.338 e. The van der Waals surface area contributed by atoms with E-state index < -0.39 is 11.9 Å². The second-order valence-corrected chi connectivity index (χ2v) is 6.94. The first-order valence-electron chi connectivity index (χ1n) is 8.29. The number of carboxylic acid groups (broad SMARTS) is 1.